The number of hydrogen-bond acceptors (Lipinski definition) is 4. The first-order chi connectivity index (χ1) is 9.72. The maximum atomic E-state index is 10.2. The maximum absolute atomic E-state index is 10.2. The van der Waals surface area contributed by atoms with Crippen LogP contribution in [-0.2, 0) is 6.61 Å². The second kappa shape index (κ2) is 5.42. The summed E-state index contributed by atoms with van der Waals surface area (Å²) in [6.45, 7) is -0.0618. The molecular weight excluding hydrogens is 254 g/mol. The van der Waals surface area contributed by atoms with Gasteiger partial charge in [-0.15, -0.1) is 0 Å². The fraction of sp³-hybridized carbons (Fsp3) is 0.533. The number of aromatic nitrogens is 2. The normalized spacial score (nSPS) is 23.1. The van der Waals surface area contributed by atoms with E-state index in [0.717, 1.165) is 42.8 Å². The summed E-state index contributed by atoms with van der Waals surface area (Å²) in [6.07, 6.45) is 5.62. The van der Waals surface area contributed by atoms with Crippen LogP contribution < -0.4 is 4.90 Å². The zero-order valence-corrected chi connectivity index (χ0v) is 11.7. The van der Waals surface area contributed by atoms with Gasteiger partial charge in [-0.3, -0.25) is 4.40 Å². The molecule has 2 atom stereocenters. The minimum absolute atomic E-state index is 0.0618. The second-order valence-corrected chi connectivity index (χ2v) is 5.50. The van der Waals surface area contributed by atoms with Crippen LogP contribution in [0.15, 0.2) is 24.4 Å². The Balaban J connectivity index is 2.00. The third-order valence-corrected chi connectivity index (χ3v) is 4.28. The Kier molecular flexibility index (Phi) is 3.63. The molecule has 5 heteroatoms. The van der Waals surface area contributed by atoms with Crippen LogP contribution in [0, 0.1) is 0 Å². The third kappa shape index (κ3) is 2.17. The van der Waals surface area contributed by atoms with Crippen LogP contribution in [0.5, 0.6) is 0 Å². The summed E-state index contributed by atoms with van der Waals surface area (Å²) in [5, 5.41) is 19.9. The van der Waals surface area contributed by atoms with Crippen molar-refractivity contribution in [2.45, 2.75) is 44.4 Å². The molecule has 2 unspecified atom stereocenters. The summed E-state index contributed by atoms with van der Waals surface area (Å²) in [6, 6.07) is 5.86. The van der Waals surface area contributed by atoms with Gasteiger partial charge in [0.1, 0.15) is 5.65 Å². The molecule has 5 nitrogen and oxygen atoms in total. The molecular formula is C15H21N3O2. The molecule has 0 amide bonds. The topological polar surface area (TPSA) is 61.0 Å². The number of aliphatic hydroxyl groups is 2. The third-order valence-electron chi connectivity index (χ3n) is 4.28. The molecule has 0 aromatic carbocycles. The summed E-state index contributed by atoms with van der Waals surface area (Å²) in [5.74, 6) is 0.768. The van der Waals surface area contributed by atoms with E-state index < -0.39 is 0 Å². The van der Waals surface area contributed by atoms with Crippen LogP contribution in [0.4, 0.5) is 5.82 Å². The average molecular weight is 275 g/mol. The molecule has 0 saturated heterocycles. The van der Waals surface area contributed by atoms with Crippen LogP contribution in [0.2, 0.25) is 0 Å². The summed E-state index contributed by atoms with van der Waals surface area (Å²) in [5.41, 5.74) is 1.60. The fourth-order valence-electron chi connectivity index (χ4n) is 3.16. The first kappa shape index (κ1) is 13.4. The van der Waals surface area contributed by atoms with E-state index in [1.54, 1.807) is 0 Å². The van der Waals surface area contributed by atoms with Gasteiger partial charge in [-0.2, -0.15) is 0 Å². The van der Waals surface area contributed by atoms with Gasteiger partial charge in [-0.1, -0.05) is 18.9 Å². The Bertz CT molecular complexity index is 596. The van der Waals surface area contributed by atoms with Gasteiger partial charge in [0.05, 0.1) is 24.4 Å². The minimum atomic E-state index is -0.315. The molecule has 3 rings (SSSR count). The van der Waals surface area contributed by atoms with Gasteiger partial charge >= 0.3 is 0 Å². The van der Waals surface area contributed by atoms with E-state index in [9.17, 15) is 10.2 Å². The largest absolute Gasteiger partial charge is 0.391 e. The molecule has 20 heavy (non-hydrogen) atoms. The lowest BCUT2D eigenvalue weighted by Crippen LogP contribution is -2.44. The number of hydrogen-bond donors (Lipinski definition) is 2. The highest BCUT2D eigenvalue weighted by atomic mass is 16.3. The van der Waals surface area contributed by atoms with Crippen molar-refractivity contribution < 1.29 is 10.2 Å². The van der Waals surface area contributed by atoms with Crippen molar-refractivity contribution in [3.05, 3.63) is 30.1 Å². The number of anilines is 1. The molecule has 0 aliphatic heterocycles. The molecule has 2 aromatic rings. The first-order valence-corrected chi connectivity index (χ1v) is 7.20. The Hall–Kier alpha value is -1.59. The first-order valence-electron chi connectivity index (χ1n) is 7.20. The van der Waals surface area contributed by atoms with Gasteiger partial charge in [0, 0.05) is 13.2 Å². The van der Waals surface area contributed by atoms with Gasteiger partial charge in [0.2, 0.25) is 0 Å². The molecule has 2 heterocycles. The Labute approximate surface area is 118 Å². The smallest absolute Gasteiger partial charge is 0.153 e. The van der Waals surface area contributed by atoms with Gasteiger partial charge < -0.3 is 15.1 Å². The number of pyridine rings is 1. The van der Waals surface area contributed by atoms with E-state index in [4.69, 9.17) is 0 Å². The van der Waals surface area contributed by atoms with Crippen molar-refractivity contribution in [1.29, 1.82) is 0 Å². The predicted molar refractivity (Wildman–Crippen MR) is 77.8 cm³/mol. The highest BCUT2D eigenvalue weighted by molar-refractivity contribution is 5.56. The van der Waals surface area contributed by atoms with Crippen LogP contribution in [0.3, 0.4) is 0 Å². The van der Waals surface area contributed by atoms with E-state index in [1.165, 1.54) is 0 Å². The highest BCUT2D eigenvalue weighted by Crippen LogP contribution is 2.29. The molecule has 0 bridgehead atoms. The van der Waals surface area contributed by atoms with Gasteiger partial charge in [-0.25, -0.2) is 4.98 Å². The van der Waals surface area contributed by atoms with E-state index in [0.29, 0.717) is 0 Å². The molecule has 0 spiro atoms. The number of imidazole rings is 1. The quantitative estimate of drug-likeness (QED) is 0.892. The molecule has 2 aromatic heterocycles. The van der Waals surface area contributed by atoms with Crippen molar-refractivity contribution in [2.24, 2.45) is 0 Å². The Morgan fingerprint density at radius 2 is 2.15 bits per heavy atom. The summed E-state index contributed by atoms with van der Waals surface area (Å²) in [4.78, 5) is 6.64. The zero-order chi connectivity index (χ0) is 14.1. The Morgan fingerprint density at radius 1 is 1.35 bits per heavy atom. The van der Waals surface area contributed by atoms with Gasteiger partial charge in [0.25, 0.3) is 0 Å². The van der Waals surface area contributed by atoms with Crippen molar-refractivity contribution in [1.82, 2.24) is 9.38 Å². The van der Waals surface area contributed by atoms with E-state index in [2.05, 4.69) is 4.98 Å². The molecule has 1 aliphatic carbocycles. The fourth-order valence-corrected chi connectivity index (χ4v) is 3.16. The van der Waals surface area contributed by atoms with Crippen molar-refractivity contribution in [2.75, 3.05) is 11.9 Å². The van der Waals surface area contributed by atoms with E-state index >= 15 is 0 Å². The van der Waals surface area contributed by atoms with Crippen LogP contribution >= 0.6 is 0 Å². The van der Waals surface area contributed by atoms with E-state index in [-0.39, 0.29) is 18.8 Å². The maximum Gasteiger partial charge on any atom is 0.153 e. The standard InChI is InChI=1S/C15H21N3O2/c1-17(11-6-2-3-7-13(11)20)15-12(10-19)18-9-5-4-8-14(18)16-15/h4-5,8-9,11,13,19-20H,2-3,6-7,10H2,1H3. The van der Waals surface area contributed by atoms with Crippen LogP contribution in [0.1, 0.15) is 31.4 Å². The van der Waals surface area contributed by atoms with Gasteiger partial charge in [-0.05, 0) is 25.0 Å². The highest BCUT2D eigenvalue weighted by Gasteiger charge is 2.29. The molecule has 0 radical (unpaired) electrons. The number of rotatable bonds is 3. The van der Waals surface area contributed by atoms with Crippen molar-refractivity contribution in [3.8, 4) is 0 Å². The lowest BCUT2D eigenvalue weighted by molar-refractivity contribution is 0.106. The predicted octanol–water partition coefficient (Wildman–Crippen LogP) is 1.57. The summed E-state index contributed by atoms with van der Waals surface area (Å²) < 4.78 is 1.90. The molecule has 1 aliphatic rings. The Morgan fingerprint density at radius 3 is 2.90 bits per heavy atom. The number of nitrogens with zero attached hydrogens (tertiary/aromatic N) is 3. The lowest BCUT2D eigenvalue weighted by Gasteiger charge is -2.35. The van der Waals surface area contributed by atoms with Crippen LogP contribution in [0.25, 0.3) is 5.65 Å². The molecule has 1 saturated carbocycles. The zero-order valence-electron chi connectivity index (χ0n) is 11.7. The van der Waals surface area contributed by atoms with Crippen LogP contribution in [-0.4, -0.2) is 38.8 Å². The molecule has 108 valence electrons. The number of fused-ring (bicyclic) bond motifs is 1. The van der Waals surface area contributed by atoms with E-state index in [1.807, 2.05) is 40.7 Å². The molecule has 1 fully saturated rings. The number of likely N-dealkylation sites (N-methyl/N-ethyl adjacent to an activating group) is 1. The SMILES string of the molecule is CN(c1nc2ccccn2c1CO)C1CCCCC1O. The van der Waals surface area contributed by atoms with Crippen molar-refractivity contribution >= 4 is 11.5 Å². The summed E-state index contributed by atoms with van der Waals surface area (Å²) in [7, 11) is 1.96. The molecule has 2 N–H and O–H groups in total. The summed E-state index contributed by atoms with van der Waals surface area (Å²) >= 11 is 0. The number of aliphatic hydroxyl groups excluding tert-OH is 2. The monoisotopic (exact) mass is 275 g/mol. The minimum Gasteiger partial charge on any atom is -0.391 e. The lowest BCUT2D eigenvalue weighted by atomic mass is 9.91. The second-order valence-electron chi connectivity index (χ2n) is 5.50. The average Bonchev–Trinajstić information content (AvgIpc) is 2.85. The van der Waals surface area contributed by atoms with Gasteiger partial charge in [0.15, 0.2) is 5.82 Å². The van der Waals surface area contributed by atoms with Crippen molar-refractivity contribution in [3.63, 3.8) is 0 Å².